The zero-order valence-electron chi connectivity index (χ0n) is 10.6. The highest BCUT2D eigenvalue weighted by atomic mass is 32.2. The Kier molecular flexibility index (Phi) is 4.47. The molecule has 0 aliphatic rings. The maximum atomic E-state index is 12.0. The normalized spacial score (nSPS) is 10.2. The van der Waals surface area contributed by atoms with Crippen LogP contribution in [0.3, 0.4) is 0 Å². The average molecular weight is 273 g/mol. The maximum Gasteiger partial charge on any atom is 0.255 e. The van der Waals surface area contributed by atoms with Crippen molar-refractivity contribution in [3.8, 4) is 5.75 Å². The molecule has 4 heteroatoms. The smallest absolute Gasteiger partial charge is 0.255 e. The highest BCUT2D eigenvalue weighted by molar-refractivity contribution is 7.97. The van der Waals surface area contributed by atoms with E-state index in [0.717, 1.165) is 5.75 Å². The molecule has 0 aromatic heterocycles. The molecule has 0 saturated heterocycles. The van der Waals surface area contributed by atoms with Crippen molar-refractivity contribution >= 4 is 23.4 Å². The quantitative estimate of drug-likeness (QED) is 0.838. The van der Waals surface area contributed by atoms with Crippen LogP contribution in [0, 0.1) is 0 Å². The van der Waals surface area contributed by atoms with Crippen LogP contribution in [0.2, 0.25) is 0 Å². The number of rotatable bonds is 4. The lowest BCUT2D eigenvalue weighted by atomic mass is 10.1. The third kappa shape index (κ3) is 3.51. The van der Waals surface area contributed by atoms with Crippen molar-refractivity contribution < 1.29 is 9.90 Å². The molecule has 2 rings (SSSR count). The number of aromatic hydroxyl groups is 1. The van der Waals surface area contributed by atoms with Crippen molar-refractivity contribution in [2.24, 2.45) is 0 Å². The third-order valence-corrected chi connectivity index (χ3v) is 3.30. The van der Waals surface area contributed by atoms with Gasteiger partial charge in [0.2, 0.25) is 0 Å². The summed E-state index contributed by atoms with van der Waals surface area (Å²) in [6.45, 7) is 0. The van der Waals surface area contributed by atoms with Gasteiger partial charge in [0.25, 0.3) is 5.91 Å². The van der Waals surface area contributed by atoms with Crippen LogP contribution in [-0.4, -0.2) is 17.3 Å². The average Bonchev–Trinajstić information content (AvgIpc) is 2.42. The Balaban J connectivity index is 2.10. The molecule has 0 radical (unpaired) electrons. The van der Waals surface area contributed by atoms with E-state index in [1.165, 1.54) is 11.6 Å². The Morgan fingerprint density at radius 3 is 2.47 bits per heavy atom. The molecule has 2 N–H and O–H groups in total. The van der Waals surface area contributed by atoms with Gasteiger partial charge in [-0.3, -0.25) is 4.79 Å². The van der Waals surface area contributed by atoms with Gasteiger partial charge in [0.15, 0.2) is 0 Å². The summed E-state index contributed by atoms with van der Waals surface area (Å²) in [6, 6.07) is 14.1. The summed E-state index contributed by atoms with van der Waals surface area (Å²) in [4.78, 5) is 12.0. The summed E-state index contributed by atoms with van der Waals surface area (Å²) in [6.07, 6.45) is 2.04. The molecule has 0 aliphatic heterocycles. The number of benzene rings is 2. The van der Waals surface area contributed by atoms with E-state index in [-0.39, 0.29) is 11.7 Å². The lowest BCUT2D eigenvalue weighted by Crippen LogP contribution is -2.11. The highest BCUT2D eigenvalue weighted by Gasteiger charge is 2.08. The monoisotopic (exact) mass is 273 g/mol. The zero-order valence-corrected chi connectivity index (χ0v) is 11.4. The number of para-hydroxylation sites is 2. The first-order valence-electron chi connectivity index (χ1n) is 5.88. The molecular formula is C15H15NO2S. The van der Waals surface area contributed by atoms with Crippen LogP contribution < -0.4 is 5.32 Å². The van der Waals surface area contributed by atoms with Gasteiger partial charge in [0, 0.05) is 11.3 Å². The van der Waals surface area contributed by atoms with Gasteiger partial charge < -0.3 is 10.4 Å². The number of hydrogen-bond donors (Lipinski definition) is 2. The van der Waals surface area contributed by atoms with Gasteiger partial charge in [-0.2, -0.15) is 11.8 Å². The predicted molar refractivity (Wildman–Crippen MR) is 79.7 cm³/mol. The van der Waals surface area contributed by atoms with Crippen LogP contribution in [0.4, 0.5) is 5.69 Å². The second-order valence-corrected chi connectivity index (χ2v) is 4.97. The number of phenols is 1. The van der Waals surface area contributed by atoms with Crippen molar-refractivity contribution in [3.05, 3.63) is 59.7 Å². The molecule has 0 aliphatic carbocycles. The van der Waals surface area contributed by atoms with Crippen LogP contribution in [0.25, 0.3) is 0 Å². The van der Waals surface area contributed by atoms with Crippen molar-refractivity contribution in [1.82, 2.24) is 0 Å². The molecule has 0 bridgehead atoms. The van der Waals surface area contributed by atoms with E-state index < -0.39 is 0 Å². The lowest BCUT2D eigenvalue weighted by molar-refractivity contribution is 0.102. The standard InChI is InChI=1S/C15H15NO2S/c1-19-10-11-6-8-12(9-7-11)15(18)16-13-4-2-3-5-14(13)17/h2-9,17H,10H2,1H3,(H,16,18). The van der Waals surface area contributed by atoms with Crippen LogP contribution in [0.15, 0.2) is 48.5 Å². The SMILES string of the molecule is CSCc1ccc(C(=O)Nc2ccccc2O)cc1. The molecule has 2 aromatic rings. The summed E-state index contributed by atoms with van der Waals surface area (Å²) in [5, 5.41) is 12.3. The predicted octanol–water partition coefficient (Wildman–Crippen LogP) is 3.51. The van der Waals surface area contributed by atoms with Gasteiger partial charge in [-0.05, 0) is 36.1 Å². The third-order valence-electron chi connectivity index (χ3n) is 2.68. The van der Waals surface area contributed by atoms with Gasteiger partial charge in [0.1, 0.15) is 5.75 Å². The number of thioether (sulfide) groups is 1. The number of nitrogens with one attached hydrogen (secondary N) is 1. The van der Waals surface area contributed by atoms with Gasteiger partial charge >= 0.3 is 0 Å². The zero-order chi connectivity index (χ0) is 13.7. The Morgan fingerprint density at radius 1 is 1.16 bits per heavy atom. The van der Waals surface area contributed by atoms with Gasteiger partial charge in [0.05, 0.1) is 5.69 Å². The van der Waals surface area contributed by atoms with Gasteiger partial charge in [-0.1, -0.05) is 24.3 Å². The van der Waals surface area contributed by atoms with E-state index in [2.05, 4.69) is 5.32 Å². The summed E-state index contributed by atoms with van der Waals surface area (Å²) in [5.41, 5.74) is 2.18. The van der Waals surface area contributed by atoms with Crippen LogP contribution in [0.5, 0.6) is 5.75 Å². The van der Waals surface area contributed by atoms with E-state index in [1.54, 1.807) is 42.1 Å². The van der Waals surface area contributed by atoms with Crippen LogP contribution >= 0.6 is 11.8 Å². The maximum absolute atomic E-state index is 12.0. The molecule has 0 atom stereocenters. The fourth-order valence-corrected chi connectivity index (χ4v) is 2.22. The minimum atomic E-state index is -0.225. The first kappa shape index (κ1) is 13.5. The lowest BCUT2D eigenvalue weighted by Gasteiger charge is -2.07. The van der Waals surface area contributed by atoms with E-state index in [4.69, 9.17) is 0 Å². The molecule has 0 unspecified atom stereocenters. The largest absolute Gasteiger partial charge is 0.506 e. The molecule has 0 spiro atoms. The molecule has 1 amide bonds. The molecule has 0 heterocycles. The van der Waals surface area contributed by atoms with Crippen molar-refractivity contribution in [2.45, 2.75) is 5.75 Å². The summed E-state index contributed by atoms with van der Waals surface area (Å²) < 4.78 is 0. The molecule has 3 nitrogen and oxygen atoms in total. The van der Waals surface area contributed by atoms with E-state index in [1.807, 2.05) is 18.4 Å². The number of carbonyl (C=O) groups excluding carboxylic acids is 1. The Bertz CT molecular complexity index is 567. The minimum absolute atomic E-state index is 0.0647. The fraction of sp³-hybridized carbons (Fsp3) is 0.133. The number of amides is 1. The number of hydrogen-bond acceptors (Lipinski definition) is 3. The second-order valence-electron chi connectivity index (χ2n) is 4.10. The van der Waals surface area contributed by atoms with E-state index in [0.29, 0.717) is 11.3 Å². The van der Waals surface area contributed by atoms with E-state index in [9.17, 15) is 9.90 Å². The Hall–Kier alpha value is -1.94. The molecule has 19 heavy (non-hydrogen) atoms. The van der Waals surface area contributed by atoms with Gasteiger partial charge in [-0.25, -0.2) is 0 Å². The van der Waals surface area contributed by atoms with Crippen LogP contribution in [0.1, 0.15) is 15.9 Å². The Labute approximate surface area is 116 Å². The van der Waals surface area contributed by atoms with E-state index >= 15 is 0 Å². The van der Waals surface area contributed by atoms with Gasteiger partial charge in [-0.15, -0.1) is 0 Å². The summed E-state index contributed by atoms with van der Waals surface area (Å²) in [7, 11) is 0. The first-order chi connectivity index (χ1) is 9.20. The van der Waals surface area contributed by atoms with Crippen LogP contribution in [-0.2, 0) is 5.75 Å². The summed E-state index contributed by atoms with van der Waals surface area (Å²) in [5.74, 6) is 0.772. The second kappa shape index (κ2) is 6.29. The number of phenolic OH excluding ortho intramolecular Hbond substituents is 1. The molecule has 0 fully saturated rings. The number of carbonyl (C=O) groups is 1. The Morgan fingerprint density at radius 2 is 1.84 bits per heavy atom. The molecule has 0 saturated carbocycles. The highest BCUT2D eigenvalue weighted by Crippen LogP contribution is 2.22. The minimum Gasteiger partial charge on any atom is -0.506 e. The topological polar surface area (TPSA) is 49.3 Å². The summed E-state index contributed by atoms with van der Waals surface area (Å²) >= 11 is 1.74. The first-order valence-corrected chi connectivity index (χ1v) is 7.27. The molecule has 2 aromatic carbocycles. The molecule has 98 valence electrons. The van der Waals surface area contributed by atoms with Crippen molar-refractivity contribution in [2.75, 3.05) is 11.6 Å². The van der Waals surface area contributed by atoms with Crippen molar-refractivity contribution in [3.63, 3.8) is 0 Å². The molecular weight excluding hydrogens is 258 g/mol. The fourth-order valence-electron chi connectivity index (χ4n) is 1.69. The van der Waals surface area contributed by atoms with Crippen molar-refractivity contribution in [1.29, 1.82) is 0 Å². The number of anilines is 1.